The lowest BCUT2D eigenvalue weighted by Crippen LogP contribution is -3.10. The van der Waals surface area contributed by atoms with E-state index in [1.807, 2.05) is 57.3 Å². The van der Waals surface area contributed by atoms with Crippen LogP contribution in [-0.2, 0) is 6.42 Å². The second-order valence-electron chi connectivity index (χ2n) is 8.46. The highest BCUT2D eigenvalue weighted by Gasteiger charge is 2.38. The standard InChI is InChI=1S/C24H24N4O3/c1-13-8-9-14(2)18(12-13)28-23(30)19(22(29)26-24(28)31)21-20-16(10-11-27(21)3)15-6-4-5-7-17(15)25-20/h4-9,12,21,25,30H,10-11H2,1-3H3,(H,26,29,31)/p+1/t21-/m1/s1. The number of nitrogens with one attached hydrogen (secondary N) is 3. The Morgan fingerprint density at radius 2 is 1.87 bits per heavy atom. The first-order chi connectivity index (χ1) is 14.9. The SMILES string of the molecule is Cc1ccc(C)c(-n2c(O)c([C@@H]3c4[nH]c5ccccc5c4CC[NH+]3C)c(=O)[nH]c2=O)c1. The van der Waals surface area contributed by atoms with Crippen molar-refractivity contribution in [2.24, 2.45) is 0 Å². The molecule has 158 valence electrons. The summed E-state index contributed by atoms with van der Waals surface area (Å²) in [5, 5.41) is 12.4. The zero-order valence-electron chi connectivity index (χ0n) is 17.7. The number of nitrogens with zero attached hydrogens (tertiary/aromatic N) is 1. The van der Waals surface area contributed by atoms with Gasteiger partial charge in [-0.2, -0.15) is 0 Å². The molecule has 1 aliphatic heterocycles. The van der Waals surface area contributed by atoms with Gasteiger partial charge in [0.25, 0.3) is 5.56 Å². The number of aromatic amines is 2. The second-order valence-corrected chi connectivity index (χ2v) is 8.46. The van der Waals surface area contributed by atoms with Crippen molar-refractivity contribution < 1.29 is 10.0 Å². The number of fused-ring (bicyclic) bond motifs is 3. The number of hydrogen-bond donors (Lipinski definition) is 4. The van der Waals surface area contributed by atoms with E-state index in [0.717, 1.165) is 51.2 Å². The molecule has 0 spiro atoms. The molecule has 0 amide bonds. The Morgan fingerprint density at radius 3 is 2.68 bits per heavy atom. The van der Waals surface area contributed by atoms with Gasteiger partial charge in [-0.05, 0) is 42.7 Å². The number of H-pyrrole nitrogens is 2. The first kappa shape index (κ1) is 19.4. The summed E-state index contributed by atoms with van der Waals surface area (Å²) in [5.74, 6) is -0.307. The highest BCUT2D eigenvalue weighted by Crippen LogP contribution is 2.33. The van der Waals surface area contributed by atoms with E-state index in [2.05, 4.69) is 16.0 Å². The van der Waals surface area contributed by atoms with E-state index in [1.54, 1.807) is 0 Å². The number of hydrogen-bond acceptors (Lipinski definition) is 3. The van der Waals surface area contributed by atoms with Crippen molar-refractivity contribution in [3.8, 4) is 11.6 Å². The first-order valence-electron chi connectivity index (χ1n) is 10.4. The molecule has 0 bridgehead atoms. The molecule has 7 nitrogen and oxygen atoms in total. The predicted molar refractivity (Wildman–Crippen MR) is 119 cm³/mol. The third-order valence-corrected chi connectivity index (χ3v) is 6.41. The first-order valence-corrected chi connectivity index (χ1v) is 10.4. The van der Waals surface area contributed by atoms with Gasteiger partial charge in [-0.3, -0.25) is 9.78 Å². The molecule has 2 atom stereocenters. The van der Waals surface area contributed by atoms with Gasteiger partial charge < -0.3 is 15.0 Å². The second kappa shape index (κ2) is 6.99. The van der Waals surface area contributed by atoms with Crippen molar-refractivity contribution in [1.29, 1.82) is 0 Å². The average molecular weight is 417 g/mol. The molecule has 0 aliphatic carbocycles. The monoisotopic (exact) mass is 417 g/mol. The molecule has 4 N–H and O–H groups in total. The van der Waals surface area contributed by atoms with Crippen LogP contribution in [0.25, 0.3) is 16.6 Å². The third kappa shape index (κ3) is 2.92. The maximum atomic E-state index is 13.0. The van der Waals surface area contributed by atoms with Crippen molar-refractivity contribution in [1.82, 2.24) is 14.5 Å². The van der Waals surface area contributed by atoms with Crippen LogP contribution in [0.5, 0.6) is 5.88 Å². The van der Waals surface area contributed by atoms with Crippen LogP contribution in [0.4, 0.5) is 0 Å². The molecule has 0 saturated heterocycles. The Labute approximate surface area is 178 Å². The van der Waals surface area contributed by atoms with Gasteiger partial charge in [-0.1, -0.05) is 30.3 Å². The number of aromatic nitrogens is 3. The Kier molecular flexibility index (Phi) is 4.37. The molecular formula is C24H25N4O3+. The fourth-order valence-electron chi connectivity index (χ4n) is 4.82. The van der Waals surface area contributed by atoms with E-state index >= 15 is 0 Å². The molecule has 2 aromatic heterocycles. The van der Waals surface area contributed by atoms with Crippen molar-refractivity contribution in [3.05, 3.63) is 91.3 Å². The van der Waals surface area contributed by atoms with Crippen LogP contribution in [0.2, 0.25) is 0 Å². The topological polar surface area (TPSA) is 95.3 Å². The smallest absolute Gasteiger partial charge is 0.335 e. The van der Waals surface area contributed by atoms with Gasteiger partial charge in [-0.25, -0.2) is 9.36 Å². The van der Waals surface area contributed by atoms with Gasteiger partial charge in [0.15, 0.2) is 6.04 Å². The lowest BCUT2D eigenvalue weighted by molar-refractivity contribution is -0.908. The molecule has 0 saturated carbocycles. The molecule has 31 heavy (non-hydrogen) atoms. The van der Waals surface area contributed by atoms with Gasteiger partial charge in [0.1, 0.15) is 5.56 Å². The summed E-state index contributed by atoms with van der Waals surface area (Å²) in [6.45, 7) is 4.60. The number of quaternary nitrogens is 1. The van der Waals surface area contributed by atoms with E-state index in [1.165, 1.54) is 4.57 Å². The van der Waals surface area contributed by atoms with Gasteiger partial charge >= 0.3 is 5.69 Å². The molecule has 0 fully saturated rings. The van der Waals surface area contributed by atoms with Gasteiger partial charge in [-0.15, -0.1) is 0 Å². The van der Waals surface area contributed by atoms with E-state index < -0.39 is 17.3 Å². The van der Waals surface area contributed by atoms with Crippen molar-refractivity contribution in [2.75, 3.05) is 13.6 Å². The molecule has 2 aromatic carbocycles. The van der Waals surface area contributed by atoms with E-state index in [4.69, 9.17) is 0 Å². The Hall–Kier alpha value is -3.58. The average Bonchev–Trinajstić information content (AvgIpc) is 3.10. The summed E-state index contributed by atoms with van der Waals surface area (Å²) in [7, 11) is 2.01. The maximum Gasteiger partial charge on any atom is 0.335 e. The van der Waals surface area contributed by atoms with Crippen LogP contribution >= 0.6 is 0 Å². The summed E-state index contributed by atoms with van der Waals surface area (Å²) in [4.78, 5) is 32.8. The number of benzene rings is 2. The predicted octanol–water partition coefficient (Wildman–Crippen LogP) is 1.49. The quantitative estimate of drug-likeness (QED) is 0.398. The van der Waals surface area contributed by atoms with Crippen LogP contribution in [-0.4, -0.2) is 33.2 Å². The fraction of sp³-hybridized carbons (Fsp3) is 0.250. The fourth-order valence-corrected chi connectivity index (χ4v) is 4.82. The molecule has 1 unspecified atom stereocenters. The van der Waals surface area contributed by atoms with E-state index in [9.17, 15) is 14.7 Å². The van der Waals surface area contributed by atoms with Crippen molar-refractivity contribution in [2.45, 2.75) is 26.3 Å². The third-order valence-electron chi connectivity index (χ3n) is 6.41. The molecule has 1 aliphatic rings. The van der Waals surface area contributed by atoms with Gasteiger partial charge in [0, 0.05) is 17.3 Å². The van der Waals surface area contributed by atoms with Crippen LogP contribution in [0.3, 0.4) is 0 Å². The van der Waals surface area contributed by atoms with Crippen molar-refractivity contribution >= 4 is 10.9 Å². The normalized spacial score (nSPS) is 18.3. The summed E-state index contributed by atoms with van der Waals surface area (Å²) in [5.41, 5.74) is 4.42. The Balaban J connectivity index is 1.80. The summed E-state index contributed by atoms with van der Waals surface area (Å²) in [6, 6.07) is 13.3. The molecule has 5 rings (SSSR count). The molecule has 3 heterocycles. The number of para-hydroxylation sites is 1. The van der Waals surface area contributed by atoms with Gasteiger partial charge in [0.05, 0.1) is 25.0 Å². The lowest BCUT2D eigenvalue weighted by Gasteiger charge is -2.30. The number of likely N-dealkylation sites (N-methyl/N-ethyl adjacent to an activating group) is 1. The van der Waals surface area contributed by atoms with E-state index in [0.29, 0.717) is 5.69 Å². The Morgan fingerprint density at radius 1 is 1.10 bits per heavy atom. The molecule has 4 aromatic rings. The largest absolute Gasteiger partial charge is 0.494 e. The van der Waals surface area contributed by atoms with Gasteiger partial charge in [0.2, 0.25) is 5.88 Å². The molecule has 7 heteroatoms. The maximum absolute atomic E-state index is 13.0. The summed E-state index contributed by atoms with van der Waals surface area (Å²) >= 11 is 0. The minimum Gasteiger partial charge on any atom is -0.494 e. The minimum absolute atomic E-state index is 0.200. The molecular weight excluding hydrogens is 392 g/mol. The highest BCUT2D eigenvalue weighted by molar-refractivity contribution is 5.85. The van der Waals surface area contributed by atoms with Crippen LogP contribution in [0.1, 0.15) is 34.0 Å². The lowest BCUT2D eigenvalue weighted by atomic mass is 9.93. The van der Waals surface area contributed by atoms with E-state index in [-0.39, 0.29) is 11.4 Å². The zero-order chi connectivity index (χ0) is 21.9. The van der Waals surface area contributed by atoms with Crippen molar-refractivity contribution in [3.63, 3.8) is 0 Å². The zero-order valence-corrected chi connectivity index (χ0v) is 17.7. The number of aryl methyl sites for hydroxylation is 2. The van der Waals surface area contributed by atoms with Crippen LogP contribution in [0.15, 0.2) is 52.1 Å². The Bertz CT molecular complexity index is 1440. The van der Waals surface area contributed by atoms with Crippen LogP contribution in [0, 0.1) is 13.8 Å². The number of aromatic hydroxyl groups is 1. The highest BCUT2D eigenvalue weighted by atomic mass is 16.3. The molecule has 0 radical (unpaired) electrons. The number of rotatable bonds is 2. The summed E-state index contributed by atoms with van der Waals surface area (Å²) < 4.78 is 1.21. The summed E-state index contributed by atoms with van der Waals surface area (Å²) in [6.07, 6.45) is 0.872. The minimum atomic E-state index is -0.648. The van der Waals surface area contributed by atoms with Crippen LogP contribution < -0.4 is 16.1 Å².